The summed E-state index contributed by atoms with van der Waals surface area (Å²) in [5, 5.41) is 8.73. The molecule has 6 nitrogen and oxygen atoms in total. The van der Waals surface area contributed by atoms with Gasteiger partial charge in [0.05, 0.1) is 5.41 Å². The minimum atomic E-state index is -0.122. The topological polar surface area (TPSA) is 69.6 Å². The van der Waals surface area contributed by atoms with Gasteiger partial charge in [-0.15, -0.1) is 0 Å². The van der Waals surface area contributed by atoms with Crippen molar-refractivity contribution in [3.63, 3.8) is 0 Å². The Morgan fingerprint density at radius 1 is 1.04 bits per heavy atom. The molecular formula is C19H23N5O. The minimum absolute atomic E-state index is 0.122. The molecule has 1 aromatic carbocycles. The summed E-state index contributed by atoms with van der Waals surface area (Å²) in [7, 11) is 0. The van der Waals surface area contributed by atoms with E-state index in [1.807, 2.05) is 13.8 Å². The third-order valence-electron chi connectivity index (χ3n) is 5.20. The quantitative estimate of drug-likeness (QED) is 0.729. The highest BCUT2D eigenvalue weighted by atomic mass is 16.5. The first-order valence-electron chi connectivity index (χ1n) is 8.85. The van der Waals surface area contributed by atoms with Crippen LogP contribution in [0, 0.1) is 20.8 Å². The number of nitrogens with zero attached hydrogens (tertiary/aromatic N) is 5. The molecule has 0 N–H and O–H groups in total. The third-order valence-corrected chi connectivity index (χ3v) is 5.20. The Labute approximate surface area is 147 Å². The summed E-state index contributed by atoms with van der Waals surface area (Å²) in [6.07, 6.45) is 4.52. The van der Waals surface area contributed by atoms with Crippen molar-refractivity contribution in [3.8, 4) is 0 Å². The molecule has 4 rings (SSSR count). The number of aromatic nitrogens is 5. The molecule has 0 radical (unpaired) electrons. The van der Waals surface area contributed by atoms with Crippen LogP contribution in [0.2, 0.25) is 0 Å². The van der Waals surface area contributed by atoms with Crippen molar-refractivity contribution in [1.29, 1.82) is 0 Å². The fourth-order valence-corrected chi connectivity index (χ4v) is 3.85. The molecule has 1 fully saturated rings. The van der Waals surface area contributed by atoms with E-state index in [9.17, 15) is 0 Å². The first-order chi connectivity index (χ1) is 12.1. The SMILES string of the molecule is Cc1ccc(C2(c3noc(Cn4nc(C)nc4C)n3)CCCC2)cc1. The molecule has 1 aliphatic carbocycles. The average molecular weight is 337 g/mol. The van der Waals surface area contributed by atoms with E-state index < -0.39 is 0 Å². The molecule has 0 saturated heterocycles. The molecule has 2 aromatic heterocycles. The summed E-state index contributed by atoms with van der Waals surface area (Å²) in [5.74, 6) is 3.00. The summed E-state index contributed by atoms with van der Waals surface area (Å²) >= 11 is 0. The number of rotatable bonds is 4. The Morgan fingerprint density at radius 3 is 2.40 bits per heavy atom. The van der Waals surface area contributed by atoms with Crippen molar-refractivity contribution in [1.82, 2.24) is 24.9 Å². The monoisotopic (exact) mass is 337 g/mol. The van der Waals surface area contributed by atoms with Crippen molar-refractivity contribution < 1.29 is 4.52 Å². The largest absolute Gasteiger partial charge is 0.337 e. The summed E-state index contributed by atoms with van der Waals surface area (Å²) in [5.41, 5.74) is 2.43. The molecule has 0 amide bonds. The number of aryl methyl sites for hydroxylation is 3. The molecule has 0 aliphatic heterocycles. The van der Waals surface area contributed by atoms with Crippen LogP contribution in [0.4, 0.5) is 0 Å². The van der Waals surface area contributed by atoms with Crippen LogP contribution < -0.4 is 0 Å². The standard InChI is InChI=1S/C19H23N5O/c1-13-6-8-16(9-7-13)19(10-4-5-11-19)18-21-17(25-23-18)12-24-15(3)20-14(2)22-24/h6-9H,4-5,10-12H2,1-3H3. The molecule has 1 aliphatic rings. The van der Waals surface area contributed by atoms with Crippen LogP contribution in [0.15, 0.2) is 28.8 Å². The summed E-state index contributed by atoms with van der Waals surface area (Å²) in [6.45, 7) is 6.39. The van der Waals surface area contributed by atoms with Crippen LogP contribution in [0.25, 0.3) is 0 Å². The van der Waals surface area contributed by atoms with Gasteiger partial charge in [0.25, 0.3) is 0 Å². The van der Waals surface area contributed by atoms with E-state index in [1.54, 1.807) is 4.68 Å². The molecule has 0 atom stereocenters. The zero-order valence-corrected chi connectivity index (χ0v) is 15.0. The Balaban J connectivity index is 1.66. The lowest BCUT2D eigenvalue weighted by Crippen LogP contribution is -2.25. The highest BCUT2D eigenvalue weighted by Gasteiger charge is 2.41. The van der Waals surface area contributed by atoms with Gasteiger partial charge < -0.3 is 4.52 Å². The normalized spacial score (nSPS) is 16.4. The highest BCUT2D eigenvalue weighted by molar-refractivity contribution is 5.35. The van der Waals surface area contributed by atoms with Gasteiger partial charge in [-0.2, -0.15) is 10.1 Å². The van der Waals surface area contributed by atoms with Gasteiger partial charge >= 0.3 is 0 Å². The predicted octanol–water partition coefficient (Wildman–Crippen LogP) is 3.49. The summed E-state index contributed by atoms with van der Waals surface area (Å²) in [4.78, 5) is 9.07. The summed E-state index contributed by atoms with van der Waals surface area (Å²) in [6, 6.07) is 8.75. The van der Waals surface area contributed by atoms with Gasteiger partial charge in [-0.25, -0.2) is 9.67 Å². The minimum Gasteiger partial charge on any atom is -0.337 e. The van der Waals surface area contributed by atoms with Crippen LogP contribution in [0.5, 0.6) is 0 Å². The zero-order chi connectivity index (χ0) is 17.4. The number of hydrogen-bond acceptors (Lipinski definition) is 5. The lowest BCUT2D eigenvalue weighted by molar-refractivity contribution is 0.349. The van der Waals surface area contributed by atoms with Crippen molar-refractivity contribution in [3.05, 3.63) is 58.8 Å². The smallest absolute Gasteiger partial charge is 0.248 e. The maximum absolute atomic E-state index is 5.57. The van der Waals surface area contributed by atoms with E-state index in [-0.39, 0.29) is 5.41 Å². The van der Waals surface area contributed by atoms with Crippen molar-refractivity contribution in [2.75, 3.05) is 0 Å². The van der Waals surface area contributed by atoms with Gasteiger partial charge in [0.15, 0.2) is 5.82 Å². The second kappa shape index (κ2) is 6.10. The molecule has 6 heteroatoms. The molecule has 0 bridgehead atoms. The van der Waals surface area contributed by atoms with Crippen LogP contribution in [0.3, 0.4) is 0 Å². The zero-order valence-electron chi connectivity index (χ0n) is 15.0. The Bertz CT molecular complexity index is 872. The third kappa shape index (κ3) is 2.86. The maximum Gasteiger partial charge on any atom is 0.248 e. The van der Waals surface area contributed by atoms with Gasteiger partial charge in [0.1, 0.15) is 18.2 Å². The van der Waals surface area contributed by atoms with E-state index in [4.69, 9.17) is 9.51 Å². The molecule has 0 spiro atoms. The van der Waals surface area contributed by atoms with Gasteiger partial charge in [-0.1, -0.05) is 47.8 Å². The second-order valence-corrected chi connectivity index (χ2v) is 7.03. The maximum atomic E-state index is 5.57. The fraction of sp³-hybridized carbons (Fsp3) is 0.474. The van der Waals surface area contributed by atoms with Crippen LogP contribution in [-0.4, -0.2) is 24.9 Å². The van der Waals surface area contributed by atoms with E-state index >= 15 is 0 Å². The van der Waals surface area contributed by atoms with Crippen molar-refractivity contribution >= 4 is 0 Å². The fourth-order valence-electron chi connectivity index (χ4n) is 3.85. The van der Waals surface area contributed by atoms with Gasteiger partial charge in [-0.3, -0.25) is 0 Å². The molecular weight excluding hydrogens is 314 g/mol. The molecule has 25 heavy (non-hydrogen) atoms. The van der Waals surface area contributed by atoms with Gasteiger partial charge in [-0.05, 0) is 39.2 Å². The Hall–Kier alpha value is -2.50. The molecule has 2 heterocycles. The molecule has 3 aromatic rings. The highest BCUT2D eigenvalue weighted by Crippen LogP contribution is 2.45. The van der Waals surface area contributed by atoms with Crippen LogP contribution in [-0.2, 0) is 12.0 Å². The van der Waals surface area contributed by atoms with Crippen LogP contribution >= 0.6 is 0 Å². The molecule has 130 valence electrons. The Kier molecular flexibility index (Phi) is 3.90. The van der Waals surface area contributed by atoms with E-state index in [0.29, 0.717) is 12.4 Å². The van der Waals surface area contributed by atoms with Gasteiger partial charge in [0, 0.05) is 0 Å². The van der Waals surface area contributed by atoms with E-state index in [0.717, 1.165) is 30.3 Å². The van der Waals surface area contributed by atoms with E-state index in [1.165, 1.54) is 24.0 Å². The van der Waals surface area contributed by atoms with Crippen molar-refractivity contribution in [2.45, 2.75) is 58.4 Å². The first kappa shape index (κ1) is 16.0. The average Bonchev–Trinajstić information content (AvgIpc) is 3.30. The Morgan fingerprint density at radius 2 is 1.76 bits per heavy atom. The lowest BCUT2D eigenvalue weighted by Gasteiger charge is -2.25. The van der Waals surface area contributed by atoms with Crippen molar-refractivity contribution in [2.24, 2.45) is 0 Å². The number of hydrogen-bond donors (Lipinski definition) is 0. The van der Waals surface area contributed by atoms with Gasteiger partial charge in [0.2, 0.25) is 5.89 Å². The summed E-state index contributed by atoms with van der Waals surface area (Å²) < 4.78 is 7.37. The second-order valence-electron chi connectivity index (χ2n) is 7.03. The predicted molar refractivity (Wildman–Crippen MR) is 93.3 cm³/mol. The first-order valence-corrected chi connectivity index (χ1v) is 8.85. The molecule has 0 unspecified atom stereocenters. The number of benzene rings is 1. The van der Waals surface area contributed by atoms with E-state index in [2.05, 4.69) is 46.4 Å². The van der Waals surface area contributed by atoms with Crippen LogP contribution in [0.1, 0.15) is 60.2 Å². The lowest BCUT2D eigenvalue weighted by atomic mass is 9.78. The molecule has 1 saturated carbocycles.